The van der Waals surface area contributed by atoms with Crippen LogP contribution in [0.25, 0.3) is 0 Å². The lowest BCUT2D eigenvalue weighted by molar-refractivity contribution is -0.153. The van der Waals surface area contributed by atoms with Crippen LogP contribution in [0.5, 0.6) is 0 Å². The summed E-state index contributed by atoms with van der Waals surface area (Å²) < 4.78 is 26.2. The normalized spacial score (nSPS) is 29.1. The van der Waals surface area contributed by atoms with Crippen molar-refractivity contribution in [1.29, 1.82) is 0 Å². The number of esters is 1. The lowest BCUT2D eigenvalue weighted by Crippen LogP contribution is -2.55. The summed E-state index contributed by atoms with van der Waals surface area (Å²) in [6.07, 6.45) is -1.89. The van der Waals surface area contributed by atoms with Crippen LogP contribution in [0.1, 0.15) is 39.7 Å². The number of halogens is 3. The molecule has 3 atom stereocenters. The zero-order valence-corrected chi connectivity index (χ0v) is 17.9. The molecule has 5 nitrogen and oxygen atoms in total. The molecule has 3 unspecified atom stereocenters. The Kier molecular flexibility index (Phi) is 5.34. The molecule has 3 rings (SSSR count). The Morgan fingerprint density at radius 3 is 2.54 bits per heavy atom. The van der Waals surface area contributed by atoms with Crippen LogP contribution in [0.3, 0.4) is 0 Å². The first-order valence-electron chi connectivity index (χ1n) is 9.21. The van der Waals surface area contributed by atoms with E-state index in [1.165, 1.54) is 4.90 Å². The second kappa shape index (κ2) is 7.06. The van der Waals surface area contributed by atoms with Gasteiger partial charge in [0.05, 0.1) is 28.6 Å². The average molecular weight is 432 g/mol. The Balaban J connectivity index is 1.98. The Bertz CT molecular complexity index is 812. The minimum Gasteiger partial charge on any atom is -0.465 e. The van der Waals surface area contributed by atoms with Crippen LogP contribution in [0, 0.1) is 5.41 Å². The molecule has 0 spiro atoms. The van der Waals surface area contributed by atoms with E-state index in [0.717, 1.165) is 0 Å². The van der Waals surface area contributed by atoms with Crippen molar-refractivity contribution >= 4 is 35.3 Å². The second-order valence-corrected chi connectivity index (χ2v) is 9.22. The molecular weight excluding hydrogens is 408 g/mol. The van der Waals surface area contributed by atoms with Crippen LogP contribution in [0.4, 0.5) is 9.18 Å². The Hall–Kier alpha value is -1.53. The fourth-order valence-electron chi connectivity index (χ4n) is 4.17. The Labute approximate surface area is 174 Å². The van der Waals surface area contributed by atoms with E-state index in [-0.39, 0.29) is 26.1 Å². The summed E-state index contributed by atoms with van der Waals surface area (Å²) in [7, 11) is 0. The molecule has 1 aromatic rings. The number of piperidine rings is 1. The number of carbonyl (C=O) groups excluding carboxylic acids is 2. The van der Waals surface area contributed by atoms with Gasteiger partial charge in [0.1, 0.15) is 11.8 Å². The molecule has 8 heteroatoms. The molecule has 0 radical (unpaired) electrons. The highest BCUT2D eigenvalue weighted by Crippen LogP contribution is 2.70. The highest BCUT2D eigenvalue weighted by molar-refractivity contribution is 6.42. The minimum atomic E-state index is -1.48. The molecule has 1 amide bonds. The number of likely N-dealkylation sites (tertiary alicyclic amines) is 1. The van der Waals surface area contributed by atoms with Gasteiger partial charge in [-0.1, -0.05) is 29.3 Å². The highest BCUT2D eigenvalue weighted by atomic mass is 35.5. The maximum Gasteiger partial charge on any atom is 0.410 e. The molecule has 1 aliphatic heterocycles. The van der Waals surface area contributed by atoms with Crippen molar-refractivity contribution in [3.8, 4) is 0 Å². The van der Waals surface area contributed by atoms with E-state index in [0.29, 0.717) is 15.6 Å². The molecule has 28 heavy (non-hydrogen) atoms. The fraction of sp³-hybridized carbons (Fsp3) is 0.600. The first-order chi connectivity index (χ1) is 13.0. The van der Waals surface area contributed by atoms with Gasteiger partial charge in [-0.15, -0.1) is 0 Å². The zero-order chi connectivity index (χ0) is 20.9. The zero-order valence-electron chi connectivity index (χ0n) is 16.4. The van der Waals surface area contributed by atoms with E-state index in [9.17, 15) is 9.59 Å². The third-order valence-electron chi connectivity index (χ3n) is 5.44. The van der Waals surface area contributed by atoms with Gasteiger partial charge in [-0.3, -0.25) is 4.79 Å². The van der Waals surface area contributed by atoms with Crippen molar-refractivity contribution < 1.29 is 23.5 Å². The first-order valence-corrected chi connectivity index (χ1v) is 9.97. The summed E-state index contributed by atoms with van der Waals surface area (Å²) in [4.78, 5) is 26.7. The molecule has 1 saturated carbocycles. The van der Waals surface area contributed by atoms with Crippen LogP contribution in [-0.2, 0) is 19.7 Å². The third-order valence-corrected chi connectivity index (χ3v) is 6.18. The number of carbonyl (C=O) groups is 2. The predicted molar refractivity (Wildman–Crippen MR) is 105 cm³/mol. The summed E-state index contributed by atoms with van der Waals surface area (Å²) in [5.41, 5.74) is -2.39. The quantitative estimate of drug-likeness (QED) is 0.646. The summed E-state index contributed by atoms with van der Waals surface area (Å²) in [5, 5.41) is 0.644. The van der Waals surface area contributed by atoms with Gasteiger partial charge in [0, 0.05) is 12.0 Å². The van der Waals surface area contributed by atoms with Crippen LogP contribution in [0.2, 0.25) is 10.0 Å². The number of nitrogens with zero attached hydrogens (tertiary/aromatic N) is 1. The molecule has 0 bridgehead atoms. The monoisotopic (exact) mass is 431 g/mol. The first kappa shape index (κ1) is 21.2. The van der Waals surface area contributed by atoms with Gasteiger partial charge < -0.3 is 14.4 Å². The van der Waals surface area contributed by atoms with Crippen LogP contribution >= 0.6 is 23.2 Å². The van der Waals surface area contributed by atoms with E-state index in [2.05, 4.69) is 0 Å². The van der Waals surface area contributed by atoms with Gasteiger partial charge in [-0.2, -0.15) is 0 Å². The number of amides is 1. The molecule has 2 fully saturated rings. The Morgan fingerprint density at radius 1 is 1.29 bits per heavy atom. The number of fused-ring (bicyclic) bond motifs is 1. The van der Waals surface area contributed by atoms with Gasteiger partial charge in [0.15, 0.2) is 0 Å². The number of alkyl halides is 1. The van der Waals surface area contributed by atoms with Crippen LogP contribution < -0.4 is 0 Å². The van der Waals surface area contributed by atoms with Crippen molar-refractivity contribution in [1.82, 2.24) is 4.90 Å². The molecule has 1 aliphatic carbocycles. The standard InChI is InChI=1S/C20H24Cl2FNO4/c1-5-27-16(25)19-10-20(19,12-6-7-13(21)14(22)8-12)15(23)9-24(11-19)17(26)28-18(2,3)4/h6-8,15H,5,9-11H2,1-4H3. The van der Waals surface area contributed by atoms with Gasteiger partial charge in [0.25, 0.3) is 0 Å². The van der Waals surface area contributed by atoms with Crippen molar-refractivity contribution in [2.24, 2.45) is 5.41 Å². The van der Waals surface area contributed by atoms with Crippen molar-refractivity contribution in [3.63, 3.8) is 0 Å². The van der Waals surface area contributed by atoms with Crippen LogP contribution in [0.15, 0.2) is 18.2 Å². The lowest BCUT2D eigenvalue weighted by atomic mass is 9.79. The van der Waals surface area contributed by atoms with E-state index in [1.807, 2.05) is 0 Å². The molecule has 0 aromatic heterocycles. The molecule has 2 aliphatic rings. The summed E-state index contributed by atoms with van der Waals surface area (Å²) >= 11 is 12.1. The number of rotatable bonds is 3. The van der Waals surface area contributed by atoms with Gasteiger partial charge >= 0.3 is 12.1 Å². The van der Waals surface area contributed by atoms with Crippen molar-refractivity contribution in [2.75, 3.05) is 19.7 Å². The van der Waals surface area contributed by atoms with Crippen molar-refractivity contribution in [3.05, 3.63) is 33.8 Å². The molecule has 1 heterocycles. The summed E-state index contributed by atoms with van der Waals surface area (Å²) in [6, 6.07) is 4.88. The largest absolute Gasteiger partial charge is 0.465 e. The predicted octanol–water partition coefficient (Wildman–Crippen LogP) is 4.77. The molecular formula is C20H24Cl2FNO4. The van der Waals surface area contributed by atoms with E-state index < -0.39 is 34.7 Å². The van der Waals surface area contributed by atoms with E-state index in [4.69, 9.17) is 32.7 Å². The SMILES string of the molecule is CCOC(=O)C12CN(C(=O)OC(C)(C)C)CC(F)C1(c1ccc(Cl)c(Cl)c1)C2. The van der Waals surface area contributed by atoms with E-state index in [1.54, 1.807) is 45.9 Å². The van der Waals surface area contributed by atoms with Gasteiger partial charge in [-0.05, 0) is 51.8 Å². The summed E-state index contributed by atoms with van der Waals surface area (Å²) in [6.45, 7) is 6.93. The number of hydrogen-bond acceptors (Lipinski definition) is 4. The maximum absolute atomic E-state index is 15.5. The number of benzene rings is 1. The maximum atomic E-state index is 15.5. The van der Waals surface area contributed by atoms with Gasteiger partial charge in [0.2, 0.25) is 0 Å². The minimum absolute atomic E-state index is 0.0292. The van der Waals surface area contributed by atoms with Crippen LogP contribution in [-0.4, -0.2) is 48.4 Å². The number of ether oxygens (including phenoxy) is 2. The lowest BCUT2D eigenvalue weighted by Gasteiger charge is -2.39. The topological polar surface area (TPSA) is 55.8 Å². The summed E-state index contributed by atoms with van der Waals surface area (Å²) in [5.74, 6) is -0.517. The highest BCUT2D eigenvalue weighted by Gasteiger charge is 2.79. The third kappa shape index (κ3) is 3.35. The molecule has 1 saturated heterocycles. The second-order valence-electron chi connectivity index (χ2n) is 8.41. The smallest absolute Gasteiger partial charge is 0.410 e. The molecule has 1 aromatic carbocycles. The molecule has 154 valence electrons. The fourth-order valence-corrected chi connectivity index (χ4v) is 4.46. The molecule has 0 N–H and O–H groups in total. The van der Waals surface area contributed by atoms with Crippen molar-refractivity contribution in [2.45, 2.75) is 51.3 Å². The van der Waals surface area contributed by atoms with Gasteiger partial charge in [-0.25, -0.2) is 9.18 Å². The Morgan fingerprint density at radius 2 is 1.96 bits per heavy atom. The number of hydrogen-bond donors (Lipinski definition) is 0. The van der Waals surface area contributed by atoms with E-state index >= 15 is 4.39 Å². The average Bonchev–Trinajstić information content (AvgIpc) is 3.28.